The van der Waals surface area contributed by atoms with E-state index in [0.717, 1.165) is 24.8 Å². The SMILES string of the molecule is OC[C@H]1CCCN1c1nc(C(F)F)nc2ccccc12. The Labute approximate surface area is 115 Å². The molecular formula is C14H15F2N3O. The zero-order chi connectivity index (χ0) is 14.1. The molecule has 1 atom stereocenters. The lowest BCUT2D eigenvalue weighted by atomic mass is 10.2. The van der Waals surface area contributed by atoms with Crippen LogP contribution in [0.4, 0.5) is 14.6 Å². The van der Waals surface area contributed by atoms with Crippen LogP contribution in [0.1, 0.15) is 25.1 Å². The number of fused-ring (bicyclic) bond motifs is 1. The van der Waals surface area contributed by atoms with Crippen LogP contribution in [0.5, 0.6) is 0 Å². The predicted molar refractivity (Wildman–Crippen MR) is 71.9 cm³/mol. The average molecular weight is 279 g/mol. The Morgan fingerprint density at radius 1 is 1.30 bits per heavy atom. The van der Waals surface area contributed by atoms with E-state index in [1.807, 2.05) is 17.0 Å². The van der Waals surface area contributed by atoms with Crippen molar-refractivity contribution in [1.29, 1.82) is 0 Å². The van der Waals surface area contributed by atoms with E-state index >= 15 is 0 Å². The van der Waals surface area contributed by atoms with Gasteiger partial charge < -0.3 is 10.0 Å². The summed E-state index contributed by atoms with van der Waals surface area (Å²) in [6.07, 6.45) is -0.930. The molecule has 2 heterocycles. The van der Waals surface area contributed by atoms with Crippen molar-refractivity contribution < 1.29 is 13.9 Å². The largest absolute Gasteiger partial charge is 0.394 e. The standard InChI is InChI=1S/C14H15F2N3O/c15-12(16)13-17-11-6-2-1-5-10(11)14(18-13)19-7-3-4-9(19)8-20/h1-2,5-6,9,12,20H,3-4,7-8H2/t9-/m1/s1. The fourth-order valence-corrected chi connectivity index (χ4v) is 2.70. The molecule has 6 heteroatoms. The van der Waals surface area contributed by atoms with Gasteiger partial charge >= 0.3 is 0 Å². The monoisotopic (exact) mass is 279 g/mol. The van der Waals surface area contributed by atoms with Crippen molar-refractivity contribution in [2.45, 2.75) is 25.3 Å². The number of aromatic nitrogens is 2. The first-order valence-electron chi connectivity index (χ1n) is 6.63. The molecule has 0 aliphatic carbocycles. The van der Waals surface area contributed by atoms with E-state index in [-0.39, 0.29) is 12.6 Å². The van der Waals surface area contributed by atoms with E-state index in [1.165, 1.54) is 0 Å². The predicted octanol–water partition coefficient (Wildman–Crippen LogP) is 2.53. The molecule has 1 aliphatic heterocycles. The molecule has 1 aromatic heterocycles. The van der Waals surface area contributed by atoms with Crippen molar-refractivity contribution in [3.63, 3.8) is 0 Å². The number of anilines is 1. The molecule has 1 fully saturated rings. The van der Waals surface area contributed by atoms with Gasteiger partial charge in [0, 0.05) is 11.9 Å². The summed E-state index contributed by atoms with van der Waals surface area (Å²) in [6.45, 7) is 0.719. The van der Waals surface area contributed by atoms with Crippen molar-refractivity contribution in [1.82, 2.24) is 9.97 Å². The minimum absolute atomic E-state index is 0.00232. The molecule has 0 bridgehead atoms. The Morgan fingerprint density at radius 3 is 2.85 bits per heavy atom. The fourth-order valence-electron chi connectivity index (χ4n) is 2.70. The first-order chi connectivity index (χ1) is 9.70. The van der Waals surface area contributed by atoms with Crippen LogP contribution >= 0.6 is 0 Å². The second kappa shape index (κ2) is 5.28. The third-order valence-corrected chi connectivity index (χ3v) is 3.66. The van der Waals surface area contributed by atoms with Crippen LogP contribution in [0.15, 0.2) is 24.3 Å². The van der Waals surface area contributed by atoms with Gasteiger partial charge in [0.25, 0.3) is 6.43 Å². The molecule has 1 N–H and O–H groups in total. The number of aliphatic hydroxyl groups is 1. The highest BCUT2D eigenvalue weighted by Gasteiger charge is 2.27. The number of halogens is 2. The number of hydrogen-bond donors (Lipinski definition) is 1. The smallest absolute Gasteiger partial charge is 0.297 e. The molecule has 4 nitrogen and oxygen atoms in total. The van der Waals surface area contributed by atoms with Gasteiger partial charge in [0.05, 0.1) is 18.2 Å². The second-order valence-electron chi connectivity index (χ2n) is 4.90. The minimum atomic E-state index is -2.70. The molecule has 0 saturated carbocycles. The zero-order valence-electron chi connectivity index (χ0n) is 10.8. The summed E-state index contributed by atoms with van der Waals surface area (Å²) < 4.78 is 25.9. The van der Waals surface area contributed by atoms with Gasteiger partial charge in [-0.25, -0.2) is 18.7 Å². The summed E-state index contributed by atoms with van der Waals surface area (Å²) in [4.78, 5) is 9.85. The van der Waals surface area contributed by atoms with Crippen molar-refractivity contribution in [3.05, 3.63) is 30.1 Å². The summed E-state index contributed by atoms with van der Waals surface area (Å²) in [5, 5.41) is 10.2. The number of rotatable bonds is 3. The van der Waals surface area contributed by atoms with Gasteiger partial charge in [-0.3, -0.25) is 0 Å². The number of benzene rings is 1. The molecule has 20 heavy (non-hydrogen) atoms. The Bertz CT molecular complexity index is 620. The van der Waals surface area contributed by atoms with Crippen molar-refractivity contribution in [2.24, 2.45) is 0 Å². The van der Waals surface area contributed by atoms with Crippen LogP contribution in [0.25, 0.3) is 10.9 Å². The number of aliphatic hydroxyl groups excluding tert-OH is 1. The minimum Gasteiger partial charge on any atom is -0.394 e. The van der Waals surface area contributed by atoms with E-state index in [1.54, 1.807) is 12.1 Å². The number of para-hydroxylation sites is 1. The molecular weight excluding hydrogens is 264 g/mol. The molecule has 2 aromatic rings. The number of alkyl halides is 2. The highest BCUT2D eigenvalue weighted by molar-refractivity contribution is 5.89. The van der Waals surface area contributed by atoms with Gasteiger partial charge in [0.2, 0.25) is 0 Å². The highest BCUT2D eigenvalue weighted by Crippen LogP contribution is 2.31. The Balaban J connectivity index is 2.17. The van der Waals surface area contributed by atoms with Crippen LogP contribution in [-0.4, -0.2) is 34.3 Å². The van der Waals surface area contributed by atoms with E-state index in [0.29, 0.717) is 11.3 Å². The normalized spacial score (nSPS) is 19.2. The lowest BCUT2D eigenvalue weighted by molar-refractivity contribution is 0.141. The summed E-state index contributed by atoms with van der Waals surface area (Å²) in [6, 6.07) is 7.07. The maximum atomic E-state index is 12.9. The second-order valence-corrected chi connectivity index (χ2v) is 4.90. The molecule has 0 unspecified atom stereocenters. The molecule has 106 valence electrons. The van der Waals surface area contributed by atoms with Crippen LogP contribution < -0.4 is 4.90 Å². The quantitative estimate of drug-likeness (QED) is 0.938. The van der Waals surface area contributed by atoms with Crippen molar-refractivity contribution >= 4 is 16.7 Å². The van der Waals surface area contributed by atoms with Gasteiger partial charge in [0.15, 0.2) is 5.82 Å². The van der Waals surface area contributed by atoms with Gasteiger partial charge in [-0.05, 0) is 25.0 Å². The number of nitrogens with zero attached hydrogens (tertiary/aromatic N) is 3. The van der Waals surface area contributed by atoms with Crippen LogP contribution in [0.3, 0.4) is 0 Å². The average Bonchev–Trinajstić information content (AvgIpc) is 2.94. The summed E-state index contributed by atoms with van der Waals surface area (Å²) in [5.41, 5.74) is 0.511. The Morgan fingerprint density at radius 2 is 2.10 bits per heavy atom. The molecule has 0 amide bonds. The lowest BCUT2D eigenvalue weighted by Gasteiger charge is -2.25. The molecule has 1 saturated heterocycles. The molecule has 3 rings (SSSR count). The van der Waals surface area contributed by atoms with Gasteiger partial charge in [-0.15, -0.1) is 0 Å². The van der Waals surface area contributed by atoms with Crippen molar-refractivity contribution in [3.8, 4) is 0 Å². The topological polar surface area (TPSA) is 49.2 Å². The van der Waals surface area contributed by atoms with E-state index in [9.17, 15) is 13.9 Å². The van der Waals surface area contributed by atoms with Gasteiger partial charge in [0.1, 0.15) is 5.82 Å². The highest BCUT2D eigenvalue weighted by atomic mass is 19.3. The lowest BCUT2D eigenvalue weighted by Crippen LogP contribution is -2.33. The van der Waals surface area contributed by atoms with Crippen LogP contribution in [-0.2, 0) is 0 Å². The summed E-state index contributed by atoms with van der Waals surface area (Å²) >= 11 is 0. The van der Waals surface area contributed by atoms with Gasteiger partial charge in [-0.2, -0.15) is 0 Å². The van der Waals surface area contributed by atoms with Crippen LogP contribution in [0.2, 0.25) is 0 Å². The molecule has 1 aromatic carbocycles. The number of hydrogen-bond acceptors (Lipinski definition) is 4. The van der Waals surface area contributed by atoms with Crippen LogP contribution in [0, 0.1) is 0 Å². The zero-order valence-corrected chi connectivity index (χ0v) is 10.8. The van der Waals surface area contributed by atoms with Gasteiger partial charge in [-0.1, -0.05) is 12.1 Å². The van der Waals surface area contributed by atoms with E-state index in [2.05, 4.69) is 9.97 Å². The van der Waals surface area contributed by atoms with E-state index in [4.69, 9.17) is 0 Å². The first kappa shape index (κ1) is 13.2. The molecule has 0 radical (unpaired) electrons. The molecule has 1 aliphatic rings. The summed E-state index contributed by atoms with van der Waals surface area (Å²) in [7, 11) is 0. The Hall–Kier alpha value is -1.82. The maximum Gasteiger partial charge on any atom is 0.297 e. The first-order valence-corrected chi connectivity index (χ1v) is 6.63. The summed E-state index contributed by atoms with van der Waals surface area (Å²) in [5.74, 6) is 0.0461. The maximum absolute atomic E-state index is 12.9. The molecule has 0 spiro atoms. The van der Waals surface area contributed by atoms with E-state index < -0.39 is 12.2 Å². The third-order valence-electron chi connectivity index (χ3n) is 3.66. The third kappa shape index (κ3) is 2.20. The Kier molecular flexibility index (Phi) is 3.48. The fraction of sp³-hybridized carbons (Fsp3) is 0.429. The van der Waals surface area contributed by atoms with Crippen molar-refractivity contribution in [2.75, 3.05) is 18.1 Å².